The van der Waals surface area contributed by atoms with E-state index in [0.29, 0.717) is 23.5 Å². The second kappa shape index (κ2) is 8.21. The molecule has 0 saturated heterocycles. The maximum Gasteiger partial charge on any atom is 0.573 e. The number of aliphatic carboxylic acids is 1. The van der Waals surface area contributed by atoms with Crippen LogP contribution in [0.2, 0.25) is 0 Å². The Morgan fingerprint density at radius 2 is 1.82 bits per heavy atom. The molecular formula is C21H17F3O4. The third kappa shape index (κ3) is 5.64. The molecule has 1 atom stereocenters. The molecule has 0 heterocycles. The van der Waals surface area contributed by atoms with Crippen LogP contribution in [0.4, 0.5) is 13.2 Å². The van der Waals surface area contributed by atoms with Crippen LogP contribution in [0.1, 0.15) is 23.5 Å². The van der Waals surface area contributed by atoms with E-state index in [4.69, 9.17) is 9.84 Å². The number of carboxylic acids is 1. The monoisotopic (exact) mass is 390 g/mol. The van der Waals surface area contributed by atoms with Crippen molar-refractivity contribution >= 4 is 5.97 Å². The molecule has 2 aromatic carbocycles. The molecule has 0 aromatic heterocycles. The van der Waals surface area contributed by atoms with Gasteiger partial charge in [-0.2, -0.15) is 0 Å². The molecule has 146 valence electrons. The average molecular weight is 390 g/mol. The molecule has 0 radical (unpaired) electrons. The number of halogens is 3. The number of carboxylic acid groups (broad SMARTS) is 1. The number of hydrogen-bond donors (Lipinski definition) is 1. The quantitative estimate of drug-likeness (QED) is 0.701. The van der Waals surface area contributed by atoms with Crippen LogP contribution in [-0.4, -0.2) is 17.4 Å². The summed E-state index contributed by atoms with van der Waals surface area (Å²) >= 11 is 0. The Kier molecular flexibility index (Phi) is 5.73. The van der Waals surface area contributed by atoms with Crippen molar-refractivity contribution in [3.63, 3.8) is 0 Å². The van der Waals surface area contributed by atoms with Gasteiger partial charge in [0.05, 0.1) is 6.42 Å². The first-order chi connectivity index (χ1) is 13.3. The lowest BCUT2D eigenvalue weighted by molar-refractivity contribution is -0.303. The topological polar surface area (TPSA) is 55.8 Å². The lowest BCUT2D eigenvalue weighted by atomic mass is 9.92. The van der Waals surface area contributed by atoms with Gasteiger partial charge in [0.2, 0.25) is 0 Å². The molecule has 28 heavy (non-hydrogen) atoms. The SMILES string of the molecule is O=C(O)Cc1cccc(Oc2cccc(C3C=CC(OC(F)(F)F)=CC3)c2)c1. The van der Waals surface area contributed by atoms with Crippen molar-refractivity contribution in [2.45, 2.75) is 25.1 Å². The van der Waals surface area contributed by atoms with E-state index in [1.54, 1.807) is 42.5 Å². The average Bonchev–Trinajstić information content (AvgIpc) is 2.61. The molecule has 4 nitrogen and oxygen atoms in total. The number of rotatable bonds is 6. The van der Waals surface area contributed by atoms with Crippen molar-refractivity contribution in [2.24, 2.45) is 0 Å². The number of hydrogen-bond acceptors (Lipinski definition) is 3. The van der Waals surface area contributed by atoms with E-state index in [0.717, 1.165) is 5.56 Å². The predicted octanol–water partition coefficient (Wildman–Crippen LogP) is 5.57. The Morgan fingerprint density at radius 3 is 2.46 bits per heavy atom. The van der Waals surface area contributed by atoms with Gasteiger partial charge in [-0.25, -0.2) is 0 Å². The largest absolute Gasteiger partial charge is 0.573 e. The van der Waals surface area contributed by atoms with Gasteiger partial charge in [0.1, 0.15) is 17.3 Å². The first-order valence-corrected chi connectivity index (χ1v) is 8.51. The highest BCUT2D eigenvalue weighted by atomic mass is 19.4. The van der Waals surface area contributed by atoms with Crippen molar-refractivity contribution in [1.29, 1.82) is 0 Å². The Labute approximate surface area is 159 Å². The van der Waals surface area contributed by atoms with Crippen molar-refractivity contribution in [3.8, 4) is 11.5 Å². The molecule has 1 N–H and O–H groups in total. The molecule has 3 rings (SSSR count). The summed E-state index contributed by atoms with van der Waals surface area (Å²) in [6.07, 6.45) is -0.0521. The molecule has 0 saturated carbocycles. The number of benzene rings is 2. The first kappa shape index (κ1) is 19.5. The minimum atomic E-state index is -4.70. The highest BCUT2D eigenvalue weighted by molar-refractivity contribution is 5.70. The normalized spacial score (nSPS) is 16.4. The minimum absolute atomic E-state index is 0.0949. The van der Waals surface area contributed by atoms with Crippen LogP contribution >= 0.6 is 0 Å². The van der Waals surface area contributed by atoms with E-state index in [-0.39, 0.29) is 18.1 Å². The highest BCUT2D eigenvalue weighted by Gasteiger charge is 2.32. The minimum Gasteiger partial charge on any atom is -0.481 e. The molecule has 0 amide bonds. The Bertz CT molecular complexity index is 916. The van der Waals surface area contributed by atoms with Gasteiger partial charge in [0, 0.05) is 5.92 Å². The van der Waals surface area contributed by atoms with Crippen molar-refractivity contribution < 1.29 is 32.5 Å². The van der Waals surface area contributed by atoms with Gasteiger partial charge in [0.15, 0.2) is 0 Å². The third-order valence-corrected chi connectivity index (χ3v) is 4.08. The van der Waals surface area contributed by atoms with Crippen LogP contribution in [0.5, 0.6) is 11.5 Å². The number of alkyl halides is 3. The third-order valence-electron chi connectivity index (χ3n) is 4.08. The van der Waals surface area contributed by atoms with Gasteiger partial charge in [-0.1, -0.05) is 30.3 Å². The fourth-order valence-electron chi connectivity index (χ4n) is 2.90. The van der Waals surface area contributed by atoms with Gasteiger partial charge in [-0.05, 0) is 54.0 Å². The van der Waals surface area contributed by atoms with Gasteiger partial charge in [-0.3, -0.25) is 4.79 Å². The van der Waals surface area contributed by atoms with E-state index in [1.165, 1.54) is 12.2 Å². The zero-order valence-electron chi connectivity index (χ0n) is 14.6. The first-order valence-electron chi connectivity index (χ1n) is 8.51. The summed E-state index contributed by atoms with van der Waals surface area (Å²) in [5.74, 6) is -0.172. The smallest absolute Gasteiger partial charge is 0.481 e. The van der Waals surface area contributed by atoms with E-state index < -0.39 is 12.3 Å². The summed E-state index contributed by atoms with van der Waals surface area (Å²) in [5, 5.41) is 8.89. The summed E-state index contributed by atoms with van der Waals surface area (Å²) in [4.78, 5) is 10.8. The zero-order chi connectivity index (χ0) is 20.1. The van der Waals surface area contributed by atoms with Crippen LogP contribution in [0.3, 0.4) is 0 Å². The molecule has 0 aliphatic heterocycles. The summed E-state index contributed by atoms with van der Waals surface area (Å²) in [6.45, 7) is 0. The van der Waals surface area contributed by atoms with E-state index >= 15 is 0 Å². The molecule has 0 spiro atoms. The number of carbonyl (C=O) groups is 1. The Hall–Kier alpha value is -3.22. The van der Waals surface area contributed by atoms with E-state index in [1.807, 2.05) is 12.1 Å². The maximum atomic E-state index is 12.3. The molecule has 0 fully saturated rings. The molecular weight excluding hydrogens is 373 g/mol. The molecule has 1 aliphatic carbocycles. The molecule has 2 aromatic rings. The van der Waals surface area contributed by atoms with Crippen molar-refractivity contribution in [2.75, 3.05) is 0 Å². The van der Waals surface area contributed by atoms with E-state index in [9.17, 15) is 18.0 Å². The van der Waals surface area contributed by atoms with Crippen molar-refractivity contribution in [3.05, 3.63) is 83.6 Å². The second-order valence-corrected chi connectivity index (χ2v) is 6.25. The lowest BCUT2D eigenvalue weighted by Gasteiger charge is -2.18. The van der Waals surface area contributed by atoms with Crippen LogP contribution in [0.15, 0.2) is 72.5 Å². The molecule has 0 bridgehead atoms. The zero-order valence-corrected chi connectivity index (χ0v) is 14.6. The maximum absolute atomic E-state index is 12.3. The van der Waals surface area contributed by atoms with Crippen LogP contribution < -0.4 is 4.74 Å². The van der Waals surface area contributed by atoms with Crippen molar-refractivity contribution in [1.82, 2.24) is 0 Å². The van der Waals surface area contributed by atoms with Crippen LogP contribution in [0.25, 0.3) is 0 Å². The molecule has 7 heteroatoms. The Morgan fingerprint density at radius 1 is 1.11 bits per heavy atom. The summed E-state index contributed by atoms with van der Waals surface area (Å²) < 4.78 is 46.5. The number of ether oxygens (including phenoxy) is 2. The molecule has 1 aliphatic rings. The molecule has 1 unspecified atom stereocenters. The summed E-state index contributed by atoms with van der Waals surface area (Å²) in [6, 6.07) is 14.0. The standard InChI is InChI=1S/C21H17F3O4/c22-21(23,24)28-17-9-7-15(8-10-17)16-4-2-6-19(13-16)27-18-5-1-3-14(11-18)12-20(25)26/h1-7,9-11,13,15H,8,12H2,(H,25,26). The van der Waals surface area contributed by atoms with Gasteiger partial charge < -0.3 is 14.6 Å². The number of allylic oxidation sites excluding steroid dienone is 3. The summed E-state index contributed by atoms with van der Waals surface area (Å²) in [7, 11) is 0. The van der Waals surface area contributed by atoms with Crippen LogP contribution in [-0.2, 0) is 16.0 Å². The fourth-order valence-corrected chi connectivity index (χ4v) is 2.90. The van der Waals surface area contributed by atoms with Gasteiger partial charge in [-0.15, -0.1) is 13.2 Å². The summed E-state index contributed by atoms with van der Waals surface area (Å²) in [5.41, 5.74) is 1.51. The predicted molar refractivity (Wildman–Crippen MR) is 96.0 cm³/mol. The Balaban J connectivity index is 1.69. The van der Waals surface area contributed by atoms with Gasteiger partial charge >= 0.3 is 12.3 Å². The van der Waals surface area contributed by atoms with Crippen LogP contribution in [0, 0.1) is 0 Å². The fraction of sp³-hybridized carbons (Fsp3) is 0.190. The highest BCUT2D eigenvalue weighted by Crippen LogP contribution is 2.32. The lowest BCUT2D eigenvalue weighted by Crippen LogP contribution is -2.13. The second-order valence-electron chi connectivity index (χ2n) is 6.25. The van der Waals surface area contributed by atoms with E-state index in [2.05, 4.69) is 4.74 Å². The van der Waals surface area contributed by atoms with Gasteiger partial charge in [0.25, 0.3) is 0 Å².